The molecular formula is C21H26N2O5S. The van der Waals surface area contributed by atoms with Gasteiger partial charge < -0.3 is 14.8 Å². The average molecular weight is 419 g/mol. The number of carbonyl (C=O) groups is 1. The van der Waals surface area contributed by atoms with Crippen LogP contribution in [0.4, 0.5) is 5.69 Å². The third-order valence-corrected chi connectivity index (χ3v) is 6.42. The smallest absolute Gasteiger partial charge is 0.255 e. The summed E-state index contributed by atoms with van der Waals surface area (Å²) in [6.45, 7) is 6.98. The van der Waals surface area contributed by atoms with Gasteiger partial charge in [-0.15, -0.1) is 0 Å². The fourth-order valence-electron chi connectivity index (χ4n) is 3.06. The number of morpholine rings is 1. The molecule has 156 valence electrons. The summed E-state index contributed by atoms with van der Waals surface area (Å²) in [7, 11) is -3.67. The zero-order valence-corrected chi connectivity index (χ0v) is 17.7. The van der Waals surface area contributed by atoms with Crippen molar-refractivity contribution in [2.75, 3.05) is 31.6 Å². The number of anilines is 1. The molecule has 1 N–H and O–H groups in total. The van der Waals surface area contributed by atoms with E-state index in [1.54, 1.807) is 31.2 Å². The molecule has 8 heteroatoms. The van der Waals surface area contributed by atoms with E-state index in [0.29, 0.717) is 48.9 Å². The molecule has 1 saturated heterocycles. The van der Waals surface area contributed by atoms with Crippen molar-refractivity contribution in [1.82, 2.24) is 4.31 Å². The molecule has 2 aromatic carbocycles. The number of amides is 1. The highest BCUT2D eigenvalue weighted by molar-refractivity contribution is 7.89. The molecular weight excluding hydrogens is 392 g/mol. The van der Waals surface area contributed by atoms with Gasteiger partial charge in [-0.25, -0.2) is 8.42 Å². The minimum atomic E-state index is -3.67. The van der Waals surface area contributed by atoms with Crippen molar-refractivity contribution in [3.8, 4) is 5.75 Å². The fraction of sp³-hybridized carbons (Fsp3) is 0.381. The molecule has 1 heterocycles. The number of sulfonamides is 1. The number of hydrogen-bond acceptors (Lipinski definition) is 5. The lowest BCUT2D eigenvalue weighted by atomic mass is 10.1. The number of rotatable bonds is 6. The van der Waals surface area contributed by atoms with E-state index in [1.807, 2.05) is 19.9 Å². The van der Waals surface area contributed by atoms with E-state index in [0.717, 1.165) is 0 Å². The Bertz CT molecular complexity index is 982. The molecule has 0 unspecified atom stereocenters. The molecule has 0 spiro atoms. The van der Waals surface area contributed by atoms with Crippen LogP contribution in [0.3, 0.4) is 0 Å². The van der Waals surface area contributed by atoms with Crippen LogP contribution in [0.2, 0.25) is 0 Å². The van der Waals surface area contributed by atoms with Gasteiger partial charge in [0.25, 0.3) is 5.91 Å². The first-order chi connectivity index (χ1) is 13.8. The molecule has 0 aromatic heterocycles. The van der Waals surface area contributed by atoms with E-state index in [1.165, 1.54) is 16.4 Å². The fourth-order valence-corrected chi connectivity index (χ4v) is 4.49. The van der Waals surface area contributed by atoms with Crippen LogP contribution in [0.25, 0.3) is 0 Å². The lowest BCUT2D eigenvalue weighted by molar-refractivity contribution is 0.0730. The van der Waals surface area contributed by atoms with Gasteiger partial charge >= 0.3 is 0 Å². The quantitative estimate of drug-likeness (QED) is 0.779. The number of nitrogens with one attached hydrogen (secondary N) is 1. The Kier molecular flexibility index (Phi) is 6.56. The topological polar surface area (TPSA) is 84.9 Å². The summed E-state index contributed by atoms with van der Waals surface area (Å²) in [6.07, 6.45) is 0.0188. The minimum absolute atomic E-state index is 0.0188. The Hall–Kier alpha value is -2.42. The van der Waals surface area contributed by atoms with Crippen LogP contribution in [0.15, 0.2) is 47.4 Å². The van der Waals surface area contributed by atoms with Gasteiger partial charge in [0.15, 0.2) is 0 Å². The molecule has 0 aliphatic carbocycles. The monoisotopic (exact) mass is 418 g/mol. The summed E-state index contributed by atoms with van der Waals surface area (Å²) < 4.78 is 38.1. The highest BCUT2D eigenvalue weighted by Crippen LogP contribution is 2.23. The van der Waals surface area contributed by atoms with Gasteiger partial charge in [0.2, 0.25) is 10.0 Å². The van der Waals surface area contributed by atoms with E-state index < -0.39 is 10.0 Å². The van der Waals surface area contributed by atoms with Gasteiger partial charge in [0.1, 0.15) is 5.75 Å². The van der Waals surface area contributed by atoms with Crippen LogP contribution in [0, 0.1) is 6.92 Å². The lowest BCUT2D eigenvalue weighted by Crippen LogP contribution is -2.40. The Balaban J connectivity index is 1.83. The molecule has 3 rings (SSSR count). The lowest BCUT2D eigenvalue weighted by Gasteiger charge is -2.26. The van der Waals surface area contributed by atoms with Crippen LogP contribution < -0.4 is 10.1 Å². The zero-order valence-electron chi connectivity index (χ0n) is 16.8. The maximum atomic E-state index is 12.9. The number of carbonyl (C=O) groups excluding carboxylic acids is 1. The summed E-state index contributed by atoms with van der Waals surface area (Å²) >= 11 is 0. The maximum absolute atomic E-state index is 12.9. The molecule has 7 nitrogen and oxygen atoms in total. The number of benzene rings is 2. The van der Waals surface area contributed by atoms with Gasteiger partial charge in [-0.2, -0.15) is 4.31 Å². The van der Waals surface area contributed by atoms with Gasteiger partial charge in [-0.3, -0.25) is 4.79 Å². The number of aryl methyl sites for hydroxylation is 1. The van der Waals surface area contributed by atoms with Crippen molar-refractivity contribution in [3.63, 3.8) is 0 Å². The molecule has 2 aromatic rings. The third-order valence-electron chi connectivity index (χ3n) is 4.53. The van der Waals surface area contributed by atoms with Crippen molar-refractivity contribution in [2.45, 2.75) is 31.8 Å². The van der Waals surface area contributed by atoms with Crippen molar-refractivity contribution in [1.29, 1.82) is 0 Å². The summed E-state index contributed by atoms with van der Waals surface area (Å²) in [6, 6.07) is 11.7. The second-order valence-corrected chi connectivity index (χ2v) is 9.08. The predicted molar refractivity (Wildman–Crippen MR) is 111 cm³/mol. The first-order valence-electron chi connectivity index (χ1n) is 9.54. The second-order valence-electron chi connectivity index (χ2n) is 7.14. The molecule has 0 bridgehead atoms. The number of hydrogen-bond donors (Lipinski definition) is 1. The maximum Gasteiger partial charge on any atom is 0.255 e. The largest absolute Gasteiger partial charge is 0.491 e. The van der Waals surface area contributed by atoms with Crippen LogP contribution in [0.1, 0.15) is 29.8 Å². The van der Waals surface area contributed by atoms with Crippen LogP contribution in [-0.4, -0.2) is 51.0 Å². The van der Waals surface area contributed by atoms with Gasteiger partial charge in [0.05, 0.1) is 24.2 Å². The Morgan fingerprint density at radius 2 is 1.86 bits per heavy atom. The molecule has 29 heavy (non-hydrogen) atoms. The zero-order chi connectivity index (χ0) is 21.0. The standard InChI is InChI=1S/C21H26N2O5S/c1-15(2)28-18-6-4-5-17(13-18)22-21(24)20-14-19(8-7-16(20)3)29(25,26)23-9-11-27-12-10-23/h4-8,13-15H,9-12H2,1-3H3,(H,22,24). The molecule has 1 aliphatic rings. The van der Waals surface area contributed by atoms with Crippen molar-refractivity contribution in [3.05, 3.63) is 53.6 Å². The first-order valence-corrected chi connectivity index (χ1v) is 11.0. The Labute approximate surface area is 171 Å². The van der Waals surface area contributed by atoms with Gasteiger partial charge in [-0.05, 0) is 50.6 Å². The van der Waals surface area contributed by atoms with Gasteiger partial charge in [-0.1, -0.05) is 12.1 Å². The average Bonchev–Trinajstić information content (AvgIpc) is 2.68. The summed E-state index contributed by atoms with van der Waals surface area (Å²) in [4.78, 5) is 12.9. The minimum Gasteiger partial charge on any atom is -0.491 e. The normalized spacial score (nSPS) is 15.3. The van der Waals surface area contributed by atoms with Crippen LogP contribution in [-0.2, 0) is 14.8 Å². The van der Waals surface area contributed by atoms with E-state index in [4.69, 9.17) is 9.47 Å². The first kappa shape index (κ1) is 21.3. The highest BCUT2D eigenvalue weighted by atomic mass is 32.2. The van der Waals surface area contributed by atoms with E-state index in [2.05, 4.69) is 5.32 Å². The van der Waals surface area contributed by atoms with Crippen molar-refractivity contribution >= 4 is 21.6 Å². The van der Waals surface area contributed by atoms with Crippen LogP contribution >= 0.6 is 0 Å². The number of nitrogens with zero attached hydrogens (tertiary/aromatic N) is 1. The van der Waals surface area contributed by atoms with Crippen molar-refractivity contribution < 1.29 is 22.7 Å². The van der Waals surface area contributed by atoms with E-state index >= 15 is 0 Å². The highest BCUT2D eigenvalue weighted by Gasteiger charge is 2.27. The van der Waals surface area contributed by atoms with Crippen molar-refractivity contribution in [2.24, 2.45) is 0 Å². The molecule has 0 saturated carbocycles. The number of ether oxygens (including phenoxy) is 2. The molecule has 1 aliphatic heterocycles. The second kappa shape index (κ2) is 8.94. The SMILES string of the molecule is Cc1ccc(S(=O)(=O)N2CCOCC2)cc1C(=O)Nc1cccc(OC(C)C)c1. The molecule has 0 atom stereocenters. The van der Waals surface area contributed by atoms with Gasteiger partial charge in [0, 0.05) is 30.4 Å². The molecule has 1 fully saturated rings. The van der Waals surface area contributed by atoms with E-state index in [-0.39, 0.29) is 16.9 Å². The molecule has 1 amide bonds. The van der Waals surface area contributed by atoms with Crippen LogP contribution in [0.5, 0.6) is 5.75 Å². The summed E-state index contributed by atoms with van der Waals surface area (Å²) in [5.41, 5.74) is 1.58. The summed E-state index contributed by atoms with van der Waals surface area (Å²) in [5.74, 6) is 0.279. The Morgan fingerprint density at radius 3 is 2.55 bits per heavy atom. The Morgan fingerprint density at radius 1 is 1.14 bits per heavy atom. The summed E-state index contributed by atoms with van der Waals surface area (Å²) in [5, 5.41) is 2.82. The molecule has 0 radical (unpaired) electrons. The predicted octanol–water partition coefficient (Wildman–Crippen LogP) is 3.06. The van der Waals surface area contributed by atoms with E-state index in [9.17, 15) is 13.2 Å². The third kappa shape index (κ3) is 5.14.